The van der Waals surface area contributed by atoms with Gasteiger partial charge >= 0.3 is 5.97 Å². The summed E-state index contributed by atoms with van der Waals surface area (Å²) in [6.45, 7) is 6.41. The fraction of sp³-hybridized carbons (Fsp3) is 0.333. The summed E-state index contributed by atoms with van der Waals surface area (Å²) in [5.74, 6) is -0.473. The monoisotopic (exact) mass is 339 g/mol. The number of esters is 1. The molecule has 4 nitrogen and oxygen atoms in total. The molecule has 0 spiro atoms. The predicted molar refractivity (Wildman–Crippen MR) is 98.5 cm³/mol. The molecule has 0 aliphatic heterocycles. The van der Waals surface area contributed by atoms with Crippen LogP contribution in [0.1, 0.15) is 59.5 Å². The Morgan fingerprint density at radius 1 is 0.960 bits per heavy atom. The van der Waals surface area contributed by atoms with Gasteiger partial charge in [0.05, 0.1) is 18.7 Å². The second kappa shape index (κ2) is 7.97. The Morgan fingerprint density at radius 2 is 1.56 bits per heavy atom. The van der Waals surface area contributed by atoms with Gasteiger partial charge in [0.2, 0.25) is 0 Å². The van der Waals surface area contributed by atoms with E-state index in [4.69, 9.17) is 4.74 Å². The van der Waals surface area contributed by atoms with Crippen molar-refractivity contribution in [1.82, 2.24) is 5.32 Å². The van der Waals surface area contributed by atoms with Crippen molar-refractivity contribution in [2.75, 3.05) is 7.11 Å². The molecule has 0 saturated heterocycles. The maximum absolute atomic E-state index is 12.6. The molecule has 1 atom stereocenters. The van der Waals surface area contributed by atoms with Crippen LogP contribution in [0.4, 0.5) is 0 Å². The number of hydrogen-bond acceptors (Lipinski definition) is 3. The third kappa shape index (κ3) is 5.45. The first kappa shape index (κ1) is 18.7. The van der Waals surface area contributed by atoms with Gasteiger partial charge < -0.3 is 10.1 Å². The first-order chi connectivity index (χ1) is 11.8. The molecule has 2 rings (SSSR count). The van der Waals surface area contributed by atoms with E-state index in [9.17, 15) is 9.59 Å². The summed E-state index contributed by atoms with van der Waals surface area (Å²) in [6.07, 6.45) is 0.781. The van der Waals surface area contributed by atoms with Gasteiger partial charge in [0.15, 0.2) is 0 Å². The summed E-state index contributed by atoms with van der Waals surface area (Å²) < 4.78 is 4.73. The molecule has 0 saturated carbocycles. The highest BCUT2D eigenvalue weighted by Crippen LogP contribution is 2.30. The summed E-state index contributed by atoms with van der Waals surface area (Å²) in [7, 11) is 1.36. The lowest BCUT2D eigenvalue weighted by Crippen LogP contribution is -2.31. The summed E-state index contributed by atoms with van der Waals surface area (Å²) in [6, 6.07) is 16.2. The molecule has 0 fully saturated rings. The molecule has 4 heteroatoms. The van der Waals surface area contributed by atoms with Crippen LogP contribution in [0.3, 0.4) is 0 Å². The molecule has 0 bridgehead atoms. The Morgan fingerprint density at radius 3 is 2.08 bits per heavy atom. The number of amides is 1. The van der Waals surface area contributed by atoms with E-state index in [0.29, 0.717) is 11.1 Å². The minimum atomic E-state index is -0.368. The van der Waals surface area contributed by atoms with Gasteiger partial charge in [-0.2, -0.15) is 0 Å². The topological polar surface area (TPSA) is 55.4 Å². The predicted octanol–water partition coefficient (Wildman–Crippen LogP) is 4.38. The van der Waals surface area contributed by atoms with Gasteiger partial charge in [-0.25, -0.2) is 4.79 Å². The van der Waals surface area contributed by atoms with Gasteiger partial charge in [0.25, 0.3) is 5.91 Å². The van der Waals surface area contributed by atoms with E-state index >= 15 is 0 Å². The van der Waals surface area contributed by atoms with Gasteiger partial charge in [0.1, 0.15) is 0 Å². The zero-order valence-corrected chi connectivity index (χ0v) is 15.2. The minimum absolute atomic E-state index is 0.0374. The van der Waals surface area contributed by atoms with Crippen molar-refractivity contribution in [1.29, 1.82) is 0 Å². The molecule has 1 amide bonds. The average molecular weight is 339 g/mol. The molecule has 0 aliphatic rings. The quantitative estimate of drug-likeness (QED) is 0.823. The van der Waals surface area contributed by atoms with Gasteiger partial charge in [-0.05, 0) is 41.7 Å². The molecule has 25 heavy (non-hydrogen) atoms. The number of nitrogens with one attached hydrogen (secondary N) is 1. The Balaban J connectivity index is 2.23. The molecule has 1 N–H and O–H groups in total. The van der Waals surface area contributed by atoms with Gasteiger partial charge in [0, 0.05) is 5.56 Å². The van der Waals surface area contributed by atoms with Crippen LogP contribution >= 0.6 is 0 Å². The molecule has 0 heterocycles. The van der Waals surface area contributed by atoms with Crippen molar-refractivity contribution >= 4 is 11.9 Å². The second-order valence-electron chi connectivity index (χ2n) is 7.27. The van der Waals surface area contributed by atoms with Gasteiger partial charge in [-0.15, -0.1) is 0 Å². The third-order valence-corrected chi connectivity index (χ3v) is 3.89. The largest absolute Gasteiger partial charge is 0.465 e. The zero-order chi connectivity index (χ0) is 18.4. The Bertz CT molecular complexity index is 715. The molecule has 132 valence electrons. The number of benzene rings is 2. The Hall–Kier alpha value is -2.62. The van der Waals surface area contributed by atoms with Crippen LogP contribution in [0.2, 0.25) is 0 Å². The number of ether oxygens (including phenoxy) is 1. The molecular formula is C21H25NO3. The highest BCUT2D eigenvalue weighted by Gasteiger charge is 2.22. The van der Waals surface area contributed by atoms with Gasteiger partial charge in [-0.3, -0.25) is 4.79 Å². The molecule has 0 aromatic heterocycles. The Kier molecular flexibility index (Phi) is 5.97. The van der Waals surface area contributed by atoms with Crippen molar-refractivity contribution in [2.45, 2.75) is 33.2 Å². The normalized spacial score (nSPS) is 12.3. The highest BCUT2D eigenvalue weighted by molar-refractivity contribution is 5.94. The third-order valence-electron chi connectivity index (χ3n) is 3.89. The summed E-state index contributed by atoms with van der Waals surface area (Å²) in [5, 5.41) is 3.11. The summed E-state index contributed by atoms with van der Waals surface area (Å²) in [4.78, 5) is 24.1. The number of hydrogen-bond donors (Lipinski definition) is 1. The lowest BCUT2D eigenvalue weighted by Gasteiger charge is -2.27. The molecule has 0 radical (unpaired) electrons. The number of carbonyl (C=O) groups excluding carboxylic acids is 2. The van der Waals surface area contributed by atoms with Crippen molar-refractivity contribution in [3.05, 3.63) is 71.3 Å². The van der Waals surface area contributed by atoms with E-state index in [0.717, 1.165) is 12.0 Å². The number of carbonyl (C=O) groups is 2. The zero-order valence-electron chi connectivity index (χ0n) is 15.2. The van der Waals surface area contributed by atoms with Crippen LogP contribution in [0.15, 0.2) is 54.6 Å². The van der Waals surface area contributed by atoms with E-state index in [1.54, 1.807) is 24.3 Å². The van der Waals surface area contributed by atoms with Crippen molar-refractivity contribution in [3.63, 3.8) is 0 Å². The van der Waals surface area contributed by atoms with Gasteiger partial charge in [-0.1, -0.05) is 51.1 Å². The molecule has 2 aromatic rings. The molecule has 1 unspecified atom stereocenters. The fourth-order valence-electron chi connectivity index (χ4n) is 2.67. The first-order valence-corrected chi connectivity index (χ1v) is 8.34. The highest BCUT2D eigenvalue weighted by atomic mass is 16.5. The molecular weight excluding hydrogens is 314 g/mol. The molecule has 2 aromatic carbocycles. The average Bonchev–Trinajstić information content (AvgIpc) is 2.60. The Labute approximate surface area is 149 Å². The van der Waals surface area contributed by atoms with E-state index < -0.39 is 0 Å². The van der Waals surface area contributed by atoms with Crippen LogP contribution in [0.25, 0.3) is 0 Å². The van der Waals surface area contributed by atoms with Crippen LogP contribution in [-0.4, -0.2) is 19.0 Å². The second-order valence-corrected chi connectivity index (χ2v) is 7.27. The van der Waals surface area contributed by atoms with E-state index in [1.165, 1.54) is 7.11 Å². The van der Waals surface area contributed by atoms with E-state index in [-0.39, 0.29) is 23.3 Å². The van der Waals surface area contributed by atoms with Crippen molar-refractivity contribution in [2.24, 2.45) is 5.41 Å². The first-order valence-electron chi connectivity index (χ1n) is 8.34. The summed E-state index contributed by atoms with van der Waals surface area (Å²) in [5.41, 5.74) is 2.13. The lowest BCUT2D eigenvalue weighted by atomic mass is 9.85. The van der Waals surface area contributed by atoms with E-state index in [1.807, 2.05) is 30.3 Å². The lowest BCUT2D eigenvalue weighted by molar-refractivity contribution is 0.0600. The SMILES string of the molecule is COC(=O)c1ccc(C(CC(C)(C)C)NC(=O)c2ccccc2)cc1. The fourth-order valence-corrected chi connectivity index (χ4v) is 2.67. The number of methoxy groups -OCH3 is 1. The summed E-state index contributed by atoms with van der Waals surface area (Å²) >= 11 is 0. The van der Waals surface area contributed by atoms with E-state index in [2.05, 4.69) is 26.1 Å². The van der Waals surface area contributed by atoms with Crippen LogP contribution in [0.5, 0.6) is 0 Å². The maximum atomic E-state index is 12.6. The standard InChI is InChI=1S/C21H25NO3/c1-21(2,3)14-18(22-19(23)16-8-6-5-7-9-16)15-10-12-17(13-11-15)20(24)25-4/h5-13,18H,14H2,1-4H3,(H,22,23). The van der Waals surface area contributed by atoms with Crippen LogP contribution in [-0.2, 0) is 4.74 Å². The smallest absolute Gasteiger partial charge is 0.337 e. The van der Waals surface area contributed by atoms with Crippen LogP contribution in [0, 0.1) is 5.41 Å². The van der Waals surface area contributed by atoms with Crippen molar-refractivity contribution < 1.29 is 14.3 Å². The van der Waals surface area contributed by atoms with Crippen molar-refractivity contribution in [3.8, 4) is 0 Å². The number of rotatable bonds is 5. The maximum Gasteiger partial charge on any atom is 0.337 e. The molecule has 0 aliphatic carbocycles. The minimum Gasteiger partial charge on any atom is -0.465 e. The van der Waals surface area contributed by atoms with Crippen LogP contribution < -0.4 is 5.32 Å².